The normalized spacial score (nSPS) is 11.3. The van der Waals surface area contributed by atoms with Crippen LogP contribution in [-0.4, -0.2) is 4.57 Å². The number of para-hydroxylation sites is 1. The lowest BCUT2D eigenvalue weighted by molar-refractivity contribution is 0.556. The molecule has 2 rings (SSSR count). The summed E-state index contributed by atoms with van der Waals surface area (Å²) in [4.78, 5) is 0. The third-order valence-corrected chi connectivity index (χ3v) is 4.05. The van der Waals surface area contributed by atoms with Crippen molar-refractivity contribution >= 4 is 22.5 Å². The highest BCUT2D eigenvalue weighted by molar-refractivity contribution is 6.35. The molecule has 0 saturated carbocycles. The quantitative estimate of drug-likeness (QED) is 0.518. The summed E-state index contributed by atoms with van der Waals surface area (Å²) in [6.45, 7) is 3.35. The van der Waals surface area contributed by atoms with Gasteiger partial charge in [0.25, 0.3) is 0 Å². The van der Waals surface area contributed by atoms with Gasteiger partial charge in [0.15, 0.2) is 0 Å². The van der Waals surface area contributed by atoms with E-state index in [1.807, 2.05) is 12.1 Å². The third kappa shape index (κ3) is 4.01. The molecule has 0 radical (unpaired) electrons. The van der Waals surface area contributed by atoms with Crippen molar-refractivity contribution in [1.29, 1.82) is 0 Å². The molecule has 0 bridgehead atoms. The summed E-state index contributed by atoms with van der Waals surface area (Å²) in [5, 5.41) is 2.11. The minimum atomic E-state index is 0.866. The fourth-order valence-electron chi connectivity index (χ4n) is 2.64. The smallest absolute Gasteiger partial charge is 0.0669 e. The van der Waals surface area contributed by atoms with Crippen LogP contribution < -0.4 is 0 Å². The molecule has 0 aliphatic rings. The predicted molar refractivity (Wildman–Crippen MR) is 84.9 cm³/mol. The molecule has 0 aliphatic carbocycles. The van der Waals surface area contributed by atoms with Crippen LogP contribution in [0.25, 0.3) is 10.9 Å². The standard InChI is InChI=1S/C17H24ClN/c1-2-3-4-5-6-7-8-13-19-14-12-15-10-9-11-16(18)17(15)19/h9-12,14H,2-8,13H2,1H3. The van der Waals surface area contributed by atoms with Gasteiger partial charge >= 0.3 is 0 Å². The van der Waals surface area contributed by atoms with E-state index >= 15 is 0 Å². The zero-order valence-corrected chi connectivity index (χ0v) is 12.6. The highest BCUT2D eigenvalue weighted by Crippen LogP contribution is 2.24. The van der Waals surface area contributed by atoms with Gasteiger partial charge in [-0.2, -0.15) is 0 Å². The summed E-state index contributed by atoms with van der Waals surface area (Å²) in [6, 6.07) is 8.28. The molecule has 0 aliphatic heterocycles. The van der Waals surface area contributed by atoms with Gasteiger partial charge in [-0.25, -0.2) is 0 Å². The molecule has 2 aromatic rings. The molecule has 1 heterocycles. The van der Waals surface area contributed by atoms with Crippen molar-refractivity contribution in [2.75, 3.05) is 0 Å². The molecule has 1 nitrogen and oxygen atoms in total. The summed E-state index contributed by atoms with van der Waals surface area (Å²) < 4.78 is 2.30. The number of benzene rings is 1. The third-order valence-electron chi connectivity index (χ3n) is 3.74. The van der Waals surface area contributed by atoms with E-state index in [1.54, 1.807) is 0 Å². The molecule has 0 atom stereocenters. The van der Waals surface area contributed by atoms with E-state index in [4.69, 9.17) is 11.6 Å². The molecular weight excluding hydrogens is 254 g/mol. The average Bonchev–Trinajstić information content (AvgIpc) is 2.82. The molecule has 0 saturated heterocycles. The molecule has 0 fully saturated rings. The van der Waals surface area contributed by atoms with Gasteiger partial charge in [0.1, 0.15) is 0 Å². The van der Waals surface area contributed by atoms with Crippen molar-refractivity contribution < 1.29 is 0 Å². The van der Waals surface area contributed by atoms with Crippen molar-refractivity contribution in [1.82, 2.24) is 4.57 Å². The summed E-state index contributed by atoms with van der Waals surface area (Å²) in [5.41, 5.74) is 1.19. The fourth-order valence-corrected chi connectivity index (χ4v) is 2.93. The Morgan fingerprint density at radius 2 is 1.68 bits per heavy atom. The van der Waals surface area contributed by atoms with Crippen LogP contribution in [0, 0.1) is 0 Å². The molecule has 1 aromatic heterocycles. The number of nitrogens with zero attached hydrogens (tertiary/aromatic N) is 1. The second-order valence-corrected chi connectivity index (χ2v) is 5.72. The van der Waals surface area contributed by atoms with Crippen molar-refractivity contribution in [3.8, 4) is 0 Å². The van der Waals surface area contributed by atoms with Crippen molar-refractivity contribution in [2.24, 2.45) is 0 Å². The summed E-state index contributed by atoms with van der Waals surface area (Å²) >= 11 is 6.28. The topological polar surface area (TPSA) is 4.93 Å². The lowest BCUT2D eigenvalue weighted by Gasteiger charge is -2.06. The zero-order chi connectivity index (χ0) is 13.5. The number of fused-ring (bicyclic) bond motifs is 1. The Labute approximate surface area is 121 Å². The zero-order valence-electron chi connectivity index (χ0n) is 11.9. The average molecular weight is 278 g/mol. The van der Waals surface area contributed by atoms with Crippen LogP contribution in [0.3, 0.4) is 0 Å². The van der Waals surface area contributed by atoms with Gasteiger partial charge in [-0.05, 0) is 18.6 Å². The Balaban J connectivity index is 1.79. The van der Waals surface area contributed by atoms with Crippen LogP contribution in [-0.2, 0) is 6.54 Å². The van der Waals surface area contributed by atoms with Crippen LogP contribution >= 0.6 is 11.6 Å². The first-order valence-corrected chi connectivity index (χ1v) is 7.94. The van der Waals surface area contributed by atoms with Crippen LogP contribution in [0.15, 0.2) is 30.5 Å². The maximum atomic E-state index is 6.28. The molecular formula is C17H24ClN. The van der Waals surface area contributed by atoms with Gasteiger partial charge < -0.3 is 4.57 Å². The Morgan fingerprint density at radius 3 is 2.47 bits per heavy atom. The monoisotopic (exact) mass is 277 g/mol. The predicted octanol–water partition coefficient (Wildman–Crippen LogP) is 6.05. The van der Waals surface area contributed by atoms with Crippen LogP contribution in [0.5, 0.6) is 0 Å². The molecule has 0 spiro atoms. The second kappa shape index (κ2) is 7.59. The lowest BCUT2D eigenvalue weighted by atomic mass is 10.1. The first-order chi connectivity index (χ1) is 9.33. The Bertz CT molecular complexity index is 501. The van der Waals surface area contributed by atoms with Crippen molar-refractivity contribution in [3.05, 3.63) is 35.5 Å². The van der Waals surface area contributed by atoms with Gasteiger partial charge in [0.05, 0.1) is 10.5 Å². The largest absolute Gasteiger partial charge is 0.346 e. The van der Waals surface area contributed by atoms with Gasteiger partial charge in [-0.15, -0.1) is 0 Å². The van der Waals surface area contributed by atoms with E-state index in [1.165, 1.54) is 55.8 Å². The summed E-state index contributed by atoms with van der Waals surface area (Å²) in [6.07, 6.45) is 11.6. The molecule has 0 N–H and O–H groups in total. The number of unbranched alkanes of at least 4 members (excludes halogenated alkanes) is 6. The molecule has 0 amide bonds. The van der Waals surface area contributed by atoms with Crippen molar-refractivity contribution in [3.63, 3.8) is 0 Å². The minimum absolute atomic E-state index is 0.866. The molecule has 2 heteroatoms. The number of halogens is 1. The van der Waals surface area contributed by atoms with Crippen LogP contribution in [0.2, 0.25) is 5.02 Å². The number of aromatic nitrogens is 1. The molecule has 19 heavy (non-hydrogen) atoms. The van der Waals surface area contributed by atoms with E-state index in [9.17, 15) is 0 Å². The first kappa shape index (κ1) is 14.5. The first-order valence-electron chi connectivity index (χ1n) is 7.56. The summed E-state index contributed by atoms with van der Waals surface area (Å²) in [5.74, 6) is 0. The van der Waals surface area contributed by atoms with Gasteiger partial charge in [-0.1, -0.05) is 69.2 Å². The maximum absolute atomic E-state index is 6.28. The van der Waals surface area contributed by atoms with Gasteiger partial charge in [0.2, 0.25) is 0 Å². The number of hydrogen-bond acceptors (Lipinski definition) is 0. The Hall–Kier alpha value is -0.950. The highest BCUT2D eigenvalue weighted by atomic mass is 35.5. The van der Waals surface area contributed by atoms with Gasteiger partial charge in [0, 0.05) is 18.1 Å². The minimum Gasteiger partial charge on any atom is -0.346 e. The second-order valence-electron chi connectivity index (χ2n) is 5.31. The number of aryl methyl sites for hydroxylation is 1. The number of rotatable bonds is 8. The highest BCUT2D eigenvalue weighted by Gasteiger charge is 2.04. The SMILES string of the molecule is CCCCCCCCCn1ccc2cccc(Cl)c21. The van der Waals surface area contributed by atoms with Gasteiger partial charge in [-0.3, -0.25) is 0 Å². The van der Waals surface area contributed by atoms with E-state index in [0.717, 1.165) is 11.6 Å². The summed E-state index contributed by atoms with van der Waals surface area (Å²) in [7, 11) is 0. The van der Waals surface area contributed by atoms with Crippen molar-refractivity contribution in [2.45, 2.75) is 58.4 Å². The molecule has 1 aromatic carbocycles. The maximum Gasteiger partial charge on any atom is 0.0669 e. The van der Waals surface area contributed by atoms with E-state index < -0.39 is 0 Å². The Morgan fingerprint density at radius 1 is 0.947 bits per heavy atom. The number of hydrogen-bond donors (Lipinski definition) is 0. The Kier molecular flexibility index (Phi) is 5.78. The lowest BCUT2D eigenvalue weighted by Crippen LogP contribution is -1.96. The molecule has 104 valence electrons. The van der Waals surface area contributed by atoms with Crippen LogP contribution in [0.1, 0.15) is 51.9 Å². The fraction of sp³-hybridized carbons (Fsp3) is 0.529. The van der Waals surface area contributed by atoms with Crippen LogP contribution in [0.4, 0.5) is 0 Å². The van der Waals surface area contributed by atoms with E-state index in [-0.39, 0.29) is 0 Å². The van der Waals surface area contributed by atoms with E-state index in [0.29, 0.717) is 0 Å². The molecule has 0 unspecified atom stereocenters. The van der Waals surface area contributed by atoms with E-state index in [2.05, 4.69) is 29.8 Å².